The molecule has 0 bridgehead atoms. The zero-order chi connectivity index (χ0) is 20.4. The second-order valence-corrected chi connectivity index (χ2v) is 6.62. The molecule has 0 saturated carbocycles. The van der Waals surface area contributed by atoms with E-state index in [0.29, 0.717) is 5.82 Å². The summed E-state index contributed by atoms with van der Waals surface area (Å²) in [7, 11) is 0. The van der Waals surface area contributed by atoms with Crippen molar-refractivity contribution in [1.29, 1.82) is 0 Å². The van der Waals surface area contributed by atoms with E-state index in [0.717, 1.165) is 16.8 Å². The van der Waals surface area contributed by atoms with Crippen molar-refractivity contribution < 1.29 is 4.79 Å². The molecule has 7 nitrogen and oxygen atoms in total. The van der Waals surface area contributed by atoms with Crippen LogP contribution in [0.25, 0.3) is 17.1 Å². The first-order valence-electron chi connectivity index (χ1n) is 9.13. The first-order valence-corrected chi connectivity index (χ1v) is 9.13. The number of rotatable bonds is 5. The molecule has 0 spiro atoms. The fraction of sp³-hybridized carbons (Fsp3) is 0.0909. The molecule has 2 aromatic heterocycles. The second-order valence-electron chi connectivity index (χ2n) is 6.62. The average molecular weight is 385 g/mol. The SMILES string of the molecule is CC(c1ccc(-n2cccn2)cc1)n1c(-c2ccccc2)nc(C(N)=O)cc1=O. The van der Waals surface area contributed by atoms with Gasteiger partial charge in [-0.25, -0.2) is 9.67 Å². The first-order chi connectivity index (χ1) is 14.0. The summed E-state index contributed by atoms with van der Waals surface area (Å²) in [6, 6.07) is 19.8. The minimum Gasteiger partial charge on any atom is -0.364 e. The van der Waals surface area contributed by atoms with Gasteiger partial charge in [-0.1, -0.05) is 42.5 Å². The summed E-state index contributed by atoms with van der Waals surface area (Å²) in [5.41, 5.74) is 7.56. The fourth-order valence-electron chi connectivity index (χ4n) is 3.26. The molecule has 0 fully saturated rings. The molecule has 29 heavy (non-hydrogen) atoms. The average Bonchev–Trinajstić information content (AvgIpc) is 3.28. The molecule has 1 amide bonds. The highest BCUT2D eigenvalue weighted by Crippen LogP contribution is 2.24. The van der Waals surface area contributed by atoms with Crippen LogP contribution >= 0.6 is 0 Å². The van der Waals surface area contributed by atoms with Crippen LogP contribution in [0.3, 0.4) is 0 Å². The molecule has 7 heteroatoms. The van der Waals surface area contributed by atoms with E-state index in [1.807, 2.05) is 73.8 Å². The van der Waals surface area contributed by atoms with Gasteiger partial charge >= 0.3 is 0 Å². The Morgan fingerprint density at radius 1 is 1.03 bits per heavy atom. The van der Waals surface area contributed by atoms with E-state index in [1.165, 1.54) is 6.07 Å². The Labute approximate surface area is 167 Å². The van der Waals surface area contributed by atoms with Gasteiger partial charge in [-0.05, 0) is 30.7 Å². The van der Waals surface area contributed by atoms with Gasteiger partial charge in [-0.3, -0.25) is 14.2 Å². The summed E-state index contributed by atoms with van der Waals surface area (Å²) in [5.74, 6) is -0.335. The summed E-state index contributed by atoms with van der Waals surface area (Å²) < 4.78 is 3.34. The number of carbonyl (C=O) groups excluding carboxylic acids is 1. The molecule has 0 aliphatic heterocycles. The molecule has 0 saturated heterocycles. The molecule has 4 rings (SSSR count). The number of nitrogens with zero attached hydrogens (tertiary/aromatic N) is 4. The lowest BCUT2D eigenvalue weighted by molar-refractivity contribution is 0.0995. The van der Waals surface area contributed by atoms with E-state index in [4.69, 9.17) is 5.73 Å². The number of nitrogens with two attached hydrogens (primary N) is 1. The number of benzene rings is 2. The lowest BCUT2D eigenvalue weighted by Crippen LogP contribution is -2.29. The predicted octanol–water partition coefficient (Wildman–Crippen LogP) is 2.80. The van der Waals surface area contributed by atoms with Crippen LogP contribution in [0.4, 0.5) is 0 Å². The van der Waals surface area contributed by atoms with Crippen molar-refractivity contribution in [3.63, 3.8) is 0 Å². The van der Waals surface area contributed by atoms with E-state index in [1.54, 1.807) is 15.4 Å². The predicted molar refractivity (Wildman–Crippen MR) is 110 cm³/mol. The normalized spacial score (nSPS) is 11.9. The van der Waals surface area contributed by atoms with Gasteiger partial charge in [0.15, 0.2) is 0 Å². The van der Waals surface area contributed by atoms with E-state index < -0.39 is 5.91 Å². The van der Waals surface area contributed by atoms with Gasteiger partial charge in [-0.2, -0.15) is 5.10 Å². The molecule has 0 aliphatic rings. The van der Waals surface area contributed by atoms with Crippen molar-refractivity contribution in [1.82, 2.24) is 19.3 Å². The standard InChI is InChI=1S/C22H19N5O2/c1-15(16-8-10-18(11-9-16)26-13-5-12-24-26)27-20(28)14-19(21(23)29)25-22(27)17-6-3-2-4-7-17/h2-15H,1H3,(H2,23,29). The van der Waals surface area contributed by atoms with Crippen LogP contribution in [0.1, 0.15) is 29.0 Å². The third-order valence-corrected chi connectivity index (χ3v) is 4.77. The van der Waals surface area contributed by atoms with Crippen molar-refractivity contribution in [3.05, 3.63) is 101 Å². The number of aromatic nitrogens is 4. The van der Waals surface area contributed by atoms with Crippen molar-refractivity contribution in [3.8, 4) is 17.1 Å². The van der Waals surface area contributed by atoms with Crippen LogP contribution in [0.2, 0.25) is 0 Å². The molecule has 2 N–H and O–H groups in total. The van der Waals surface area contributed by atoms with Gasteiger partial charge in [0.05, 0.1) is 11.7 Å². The third-order valence-electron chi connectivity index (χ3n) is 4.77. The zero-order valence-electron chi connectivity index (χ0n) is 15.8. The lowest BCUT2D eigenvalue weighted by Gasteiger charge is -2.20. The quantitative estimate of drug-likeness (QED) is 0.571. The maximum atomic E-state index is 12.9. The van der Waals surface area contributed by atoms with Crippen LogP contribution in [0.15, 0.2) is 83.9 Å². The van der Waals surface area contributed by atoms with Crippen LogP contribution in [-0.2, 0) is 0 Å². The molecule has 4 aromatic rings. The molecule has 2 aromatic carbocycles. The Morgan fingerprint density at radius 3 is 2.38 bits per heavy atom. The number of amides is 1. The molecule has 1 unspecified atom stereocenters. The molecular weight excluding hydrogens is 366 g/mol. The minimum absolute atomic E-state index is 0.0497. The van der Waals surface area contributed by atoms with E-state index in [9.17, 15) is 9.59 Å². The van der Waals surface area contributed by atoms with Crippen molar-refractivity contribution in [2.24, 2.45) is 5.73 Å². The maximum Gasteiger partial charge on any atom is 0.267 e. The number of hydrogen-bond donors (Lipinski definition) is 1. The van der Waals surface area contributed by atoms with Crippen molar-refractivity contribution in [2.45, 2.75) is 13.0 Å². The van der Waals surface area contributed by atoms with Crippen molar-refractivity contribution in [2.75, 3.05) is 0 Å². The molecule has 0 radical (unpaired) electrons. The van der Waals surface area contributed by atoms with Crippen LogP contribution in [-0.4, -0.2) is 25.2 Å². The monoisotopic (exact) mass is 385 g/mol. The Bertz CT molecular complexity index is 1200. The summed E-state index contributed by atoms with van der Waals surface area (Å²) >= 11 is 0. The molecular formula is C22H19N5O2. The van der Waals surface area contributed by atoms with E-state index >= 15 is 0 Å². The van der Waals surface area contributed by atoms with Gasteiger partial charge in [0.2, 0.25) is 0 Å². The van der Waals surface area contributed by atoms with Gasteiger partial charge in [-0.15, -0.1) is 0 Å². The van der Waals surface area contributed by atoms with Crippen molar-refractivity contribution >= 4 is 5.91 Å². The summed E-state index contributed by atoms with van der Waals surface area (Å²) in [5, 5.41) is 4.22. The largest absolute Gasteiger partial charge is 0.364 e. The third kappa shape index (κ3) is 3.58. The molecule has 1 atom stereocenters. The van der Waals surface area contributed by atoms with E-state index in [-0.39, 0.29) is 17.3 Å². The van der Waals surface area contributed by atoms with Gasteiger partial charge in [0.1, 0.15) is 11.5 Å². The topological polar surface area (TPSA) is 95.8 Å². The molecule has 0 aliphatic carbocycles. The van der Waals surface area contributed by atoms with Crippen LogP contribution in [0, 0.1) is 0 Å². The Balaban J connectivity index is 1.81. The first kappa shape index (κ1) is 18.4. The van der Waals surface area contributed by atoms with Gasteiger partial charge in [0, 0.05) is 24.0 Å². The smallest absolute Gasteiger partial charge is 0.267 e. The second kappa shape index (κ2) is 7.55. The summed E-state index contributed by atoms with van der Waals surface area (Å²) in [4.78, 5) is 28.9. The summed E-state index contributed by atoms with van der Waals surface area (Å²) in [6.07, 6.45) is 3.58. The highest BCUT2D eigenvalue weighted by atomic mass is 16.1. The highest BCUT2D eigenvalue weighted by molar-refractivity contribution is 5.91. The Kier molecular flexibility index (Phi) is 4.78. The molecule has 144 valence electrons. The van der Waals surface area contributed by atoms with Crippen LogP contribution < -0.4 is 11.3 Å². The van der Waals surface area contributed by atoms with Crippen LogP contribution in [0.5, 0.6) is 0 Å². The minimum atomic E-state index is -0.734. The maximum absolute atomic E-state index is 12.9. The highest BCUT2D eigenvalue weighted by Gasteiger charge is 2.19. The number of carbonyl (C=O) groups is 1. The molecule has 2 heterocycles. The Morgan fingerprint density at radius 2 is 1.76 bits per heavy atom. The lowest BCUT2D eigenvalue weighted by atomic mass is 10.1. The van der Waals surface area contributed by atoms with Gasteiger partial charge in [0.25, 0.3) is 11.5 Å². The Hall–Kier alpha value is -4.00. The summed E-state index contributed by atoms with van der Waals surface area (Å²) in [6.45, 7) is 1.92. The zero-order valence-corrected chi connectivity index (χ0v) is 15.8. The number of hydrogen-bond acceptors (Lipinski definition) is 4. The fourth-order valence-corrected chi connectivity index (χ4v) is 3.26. The number of primary amides is 1. The van der Waals surface area contributed by atoms with Gasteiger partial charge < -0.3 is 5.73 Å². The van der Waals surface area contributed by atoms with E-state index in [2.05, 4.69) is 10.1 Å².